The van der Waals surface area contributed by atoms with E-state index in [4.69, 9.17) is 4.74 Å². The standard InChI is InChI=1S/C33H60O/c1-9-25(23(4)5)11-10-24(6)29-14-15-30-28-13-12-26-20-27(34-21-22(2)3)16-18-32(26,7)31(28)17-19-33(29,30)8/h22-31H,9-21H2,1-8H3/t24-,25-,26?,27?,28+,29-,30+,31+,32+,33-/m1/s1. The molecule has 0 aromatic carbocycles. The van der Waals surface area contributed by atoms with Crippen molar-refractivity contribution in [1.29, 1.82) is 0 Å². The molecule has 0 bridgehead atoms. The van der Waals surface area contributed by atoms with Crippen molar-refractivity contribution in [2.24, 2.45) is 64.1 Å². The van der Waals surface area contributed by atoms with Crippen molar-refractivity contribution in [3.05, 3.63) is 0 Å². The van der Waals surface area contributed by atoms with Gasteiger partial charge >= 0.3 is 0 Å². The van der Waals surface area contributed by atoms with E-state index >= 15 is 0 Å². The van der Waals surface area contributed by atoms with Gasteiger partial charge in [0.1, 0.15) is 0 Å². The summed E-state index contributed by atoms with van der Waals surface area (Å²) in [6.45, 7) is 20.9. The van der Waals surface area contributed by atoms with Crippen LogP contribution in [0.4, 0.5) is 0 Å². The molecule has 1 nitrogen and oxygen atoms in total. The van der Waals surface area contributed by atoms with Crippen LogP contribution in [0.5, 0.6) is 0 Å². The van der Waals surface area contributed by atoms with E-state index < -0.39 is 0 Å². The number of hydrogen-bond donors (Lipinski definition) is 0. The Hall–Kier alpha value is -0.0400. The Balaban J connectivity index is 1.40. The Morgan fingerprint density at radius 1 is 0.794 bits per heavy atom. The summed E-state index contributed by atoms with van der Waals surface area (Å²) in [4.78, 5) is 0. The molecule has 0 heterocycles. The van der Waals surface area contributed by atoms with E-state index in [1.807, 2.05) is 0 Å². The van der Waals surface area contributed by atoms with Gasteiger partial charge < -0.3 is 4.74 Å². The Labute approximate surface area is 214 Å². The van der Waals surface area contributed by atoms with E-state index in [2.05, 4.69) is 55.4 Å². The number of ether oxygens (including phenoxy) is 1. The second kappa shape index (κ2) is 10.8. The van der Waals surface area contributed by atoms with E-state index in [1.54, 1.807) is 0 Å². The van der Waals surface area contributed by atoms with Gasteiger partial charge in [0, 0.05) is 6.61 Å². The molecule has 4 aliphatic carbocycles. The van der Waals surface area contributed by atoms with Crippen LogP contribution in [-0.2, 0) is 4.74 Å². The van der Waals surface area contributed by atoms with E-state index in [9.17, 15) is 0 Å². The zero-order chi connectivity index (χ0) is 24.7. The molecular weight excluding hydrogens is 412 g/mol. The predicted octanol–water partition coefficient (Wildman–Crippen LogP) is 9.78. The van der Waals surface area contributed by atoms with Crippen molar-refractivity contribution < 1.29 is 4.74 Å². The van der Waals surface area contributed by atoms with E-state index in [-0.39, 0.29) is 0 Å². The Bertz CT molecular complexity index is 653. The average molecular weight is 473 g/mol. The van der Waals surface area contributed by atoms with Crippen molar-refractivity contribution in [3.63, 3.8) is 0 Å². The van der Waals surface area contributed by atoms with Gasteiger partial charge in [0.25, 0.3) is 0 Å². The third kappa shape index (κ3) is 5.04. The van der Waals surface area contributed by atoms with Crippen molar-refractivity contribution in [1.82, 2.24) is 0 Å². The van der Waals surface area contributed by atoms with Gasteiger partial charge in [0.05, 0.1) is 6.10 Å². The first-order valence-electron chi connectivity index (χ1n) is 15.7. The molecule has 0 aromatic heterocycles. The predicted molar refractivity (Wildman–Crippen MR) is 147 cm³/mol. The maximum Gasteiger partial charge on any atom is 0.0578 e. The Morgan fingerprint density at radius 3 is 2.18 bits per heavy atom. The van der Waals surface area contributed by atoms with Gasteiger partial charge in [0.15, 0.2) is 0 Å². The number of hydrogen-bond acceptors (Lipinski definition) is 1. The lowest BCUT2D eigenvalue weighted by Gasteiger charge is -2.61. The second-order valence-electron chi connectivity index (χ2n) is 15.0. The summed E-state index contributed by atoms with van der Waals surface area (Å²) in [6.07, 6.45) is 18.0. The van der Waals surface area contributed by atoms with E-state index in [0.717, 1.165) is 54.0 Å². The SMILES string of the molecule is CC[C@H](CC[C@@H](C)[C@H]1CC[C@H]2[C@@H]3CCC4CC(OCC(C)C)CC[C@]4(C)[C@H]3CC[C@]12C)C(C)C. The molecule has 0 spiro atoms. The van der Waals surface area contributed by atoms with Crippen LogP contribution in [0.1, 0.15) is 132 Å². The fourth-order valence-corrected chi connectivity index (χ4v) is 10.4. The van der Waals surface area contributed by atoms with Crippen LogP contribution in [0.15, 0.2) is 0 Å². The molecule has 4 rings (SSSR count). The van der Waals surface area contributed by atoms with Gasteiger partial charge in [0.2, 0.25) is 0 Å². The van der Waals surface area contributed by atoms with Crippen LogP contribution in [0.3, 0.4) is 0 Å². The topological polar surface area (TPSA) is 9.23 Å². The summed E-state index contributed by atoms with van der Waals surface area (Å²) in [5.41, 5.74) is 1.22. The summed E-state index contributed by atoms with van der Waals surface area (Å²) < 4.78 is 6.36. The normalized spacial score (nSPS) is 43.9. The van der Waals surface area contributed by atoms with Crippen LogP contribution >= 0.6 is 0 Å². The molecule has 1 heteroatoms. The first-order valence-corrected chi connectivity index (χ1v) is 15.7. The molecule has 4 saturated carbocycles. The van der Waals surface area contributed by atoms with Gasteiger partial charge in [-0.05, 0) is 128 Å². The van der Waals surface area contributed by atoms with Gasteiger partial charge in [-0.1, -0.05) is 68.2 Å². The molecule has 4 fully saturated rings. The van der Waals surface area contributed by atoms with Crippen LogP contribution in [0, 0.1) is 64.1 Å². The number of rotatable bonds is 9. The third-order valence-corrected chi connectivity index (χ3v) is 12.5. The zero-order valence-corrected chi connectivity index (χ0v) is 24.4. The molecule has 0 N–H and O–H groups in total. The van der Waals surface area contributed by atoms with Crippen molar-refractivity contribution in [2.75, 3.05) is 6.61 Å². The summed E-state index contributed by atoms with van der Waals surface area (Å²) in [6, 6.07) is 0. The summed E-state index contributed by atoms with van der Waals surface area (Å²) in [7, 11) is 0. The summed E-state index contributed by atoms with van der Waals surface area (Å²) in [5.74, 6) is 8.28. The fraction of sp³-hybridized carbons (Fsp3) is 1.00. The first-order chi connectivity index (χ1) is 16.1. The molecule has 0 amide bonds. The molecule has 198 valence electrons. The highest BCUT2D eigenvalue weighted by molar-refractivity contribution is 5.09. The minimum Gasteiger partial charge on any atom is -0.378 e. The van der Waals surface area contributed by atoms with Crippen LogP contribution < -0.4 is 0 Å². The molecule has 34 heavy (non-hydrogen) atoms. The molecule has 2 unspecified atom stereocenters. The lowest BCUT2D eigenvalue weighted by molar-refractivity contribution is -0.138. The van der Waals surface area contributed by atoms with E-state index in [1.165, 1.54) is 77.0 Å². The van der Waals surface area contributed by atoms with Gasteiger partial charge in [-0.15, -0.1) is 0 Å². The monoisotopic (exact) mass is 472 g/mol. The molecule has 0 radical (unpaired) electrons. The smallest absolute Gasteiger partial charge is 0.0578 e. The molecule has 0 saturated heterocycles. The fourth-order valence-electron chi connectivity index (χ4n) is 10.4. The van der Waals surface area contributed by atoms with Gasteiger partial charge in [-0.25, -0.2) is 0 Å². The third-order valence-electron chi connectivity index (χ3n) is 12.5. The molecule has 4 aliphatic rings. The highest BCUT2D eigenvalue weighted by Crippen LogP contribution is 2.68. The molecule has 0 aliphatic heterocycles. The largest absolute Gasteiger partial charge is 0.378 e. The minimum absolute atomic E-state index is 0.542. The maximum absolute atomic E-state index is 6.36. The summed E-state index contributed by atoms with van der Waals surface area (Å²) in [5, 5.41) is 0. The first kappa shape index (κ1) is 27.0. The Kier molecular flexibility index (Phi) is 8.54. The van der Waals surface area contributed by atoms with Crippen LogP contribution in [0.25, 0.3) is 0 Å². The lowest BCUT2D eigenvalue weighted by atomic mass is 9.44. The maximum atomic E-state index is 6.36. The molecule has 0 aromatic rings. The Morgan fingerprint density at radius 2 is 1.50 bits per heavy atom. The highest BCUT2D eigenvalue weighted by Gasteiger charge is 2.60. The van der Waals surface area contributed by atoms with Crippen molar-refractivity contribution >= 4 is 0 Å². The van der Waals surface area contributed by atoms with Gasteiger partial charge in [-0.2, -0.15) is 0 Å². The van der Waals surface area contributed by atoms with Crippen LogP contribution in [0.2, 0.25) is 0 Å². The number of fused-ring (bicyclic) bond motifs is 5. The quantitative estimate of drug-likeness (QED) is 0.324. The second-order valence-corrected chi connectivity index (χ2v) is 15.0. The molecular formula is C33H60O. The van der Waals surface area contributed by atoms with Crippen LogP contribution in [-0.4, -0.2) is 12.7 Å². The molecule has 10 atom stereocenters. The minimum atomic E-state index is 0.542. The van der Waals surface area contributed by atoms with Crippen molar-refractivity contribution in [3.8, 4) is 0 Å². The van der Waals surface area contributed by atoms with E-state index in [0.29, 0.717) is 22.9 Å². The summed E-state index contributed by atoms with van der Waals surface area (Å²) >= 11 is 0. The highest BCUT2D eigenvalue weighted by atomic mass is 16.5. The zero-order valence-electron chi connectivity index (χ0n) is 24.4. The van der Waals surface area contributed by atoms with Gasteiger partial charge in [-0.3, -0.25) is 0 Å². The lowest BCUT2D eigenvalue weighted by Crippen LogP contribution is -2.54. The average Bonchev–Trinajstić information content (AvgIpc) is 3.15. The van der Waals surface area contributed by atoms with Crippen molar-refractivity contribution in [2.45, 2.75) is 139 Å².